The molecule has 2 aliphatic rings. The maximum Gasteiger partial charge on any atom is 0.0727 e. The van der Waals surface area contributed by atoms with Gasteiger partial charge in [0.1, 0.15) is 0 Å². The van der Waals surface area contributed by atoms with Crippen LogP contribution >= 0.6 is 0 Å². The second-order valence-electron chi connectivity index (χ2n) is 16.5. The van der Waals surface area contributed by atoms with Gasteiger partial charge in [-0.2, -0.15) is 0 Å². The van der Waals surface area contributed by atoms with Gasteiger partial charge in [0.15, 0.2) is 0 Å². The summed E-state index contributed by atoms with van der Waals surface area (Å²) in [6.45, 7) is 7.00. The first-order valence-electron chi connectivity index (χ1n) is 19.4. The van der Waals surface area contributed by atoms with Crippen molar-refractivity contribution in [1.29, 1.82) is 0 Å². The Hall–Kier alpha value is -6.64. The third-order valence-electron chi connectivity index (χ3n) is 12.7. The number of rotatable bonds is 2. The normalized spacial score (nSPS) is 15.6. The van der Waals surface area contributed by atoms with Crippen LogP contribution in [0.4, 0.5) is 0 Å². The summed E-state index contributed by atoms with van der Waals surface area (Å²) in [6.07, 6.45) is 0. The van der Waals surface area contributed by atoms with Crippen molar-refractivity contribution in [2.45, 2.75) is 31.6 Å². The molecule has 2 nitrogen and oxygen atoms in total. The Labute approximate surface area is 320 Å². The Morgan fingerprint density at radius 3 is 1.16 bits per heavy atom. The second-order valence-corrected chi connectivity index (χ2v) is 16.5. The van der Waals surface area contributed by atoms with Gasteiger partial charge >= 0.3 is 0 Å². The number of para-hydroxylation sites is 4. The van der Waals surface area contributed by atoms with Gasteiger partial charge in [-0.15, -0.1) is 0 Å². The average Bonchev–Trinajstić information content (AvgIpc) is 3.92. The molecule has 0 aliphatic heterocycles. The Bertz CT molecular complexity index is 3020. The molecule has 1 spiro atoms. The van der Waals surface area contributed by atoms with Gasteiger partial charge < -0.3 is 9.13 Å². The fraction of sp³-hybridized carbons (Fsp3) is 0.0943. The zero-order valence-corrected chi connectivity index (χ0v) is 31.1. The first-order valence-corrected chi connectivity index (χ1v) is 19.4. The highest BCUT2D eigenvalue weighted by Crippen LogP contribution is 2.63. The number of hydrogen-bond donors (Lipinski definition) is 0. The second kappa shape index (κ2) is 10.7. The lowest BCUT2D eigenvalue weighted by molar-refractivity contribution is 0.588. The van der Waals surface area contributed by atoms with Crippen LogP contribution in [0, 0.1) is 0 Å². The molecule has 0 amide bonds. The van der Waals surface area contributed by atoms with Gasteiger partial charge in [-0.25, -0.2) is 0 Å². The number of fused-ring (bicyclic) bond motifs is 16. The van der Waals surface area contributed by atoms with E-state index in [9.17, 15) is 0 Å². The molecule has 2 heteroatoms. The molecule has 0 radical (unpaired) electrons. The van der Waals surface area contributed by atoms with E-state index in [1.54, 1.807) is 0 Å². The molecule has 55 heavy (non-hydrogen) atoms. The number of benzene rings is 8. The Morgan fingerprint density at radius 1 is 0.345 bits per heavy atom. The van der Waals surface area contributed by atoms with Crippen LogP contribution in [0.1, 0.15) is 48.6 Å². The van der Waals surface area contributed by atoms with Gasteiger partial charge in [-0.1, -0.05) is 148 Å². The van der Waals surface area contributed by atoms with E-state index in [0.29, 0.717) is 0 Å². The molecular weight excluding hydrogens is 665 g/mol. The summed E-state index contributed by atoms with van der Waals surface area (Å²) in [5.74, 6) is 0. The van der Waals surface area contributed by atoms with Crippen LogP contribution in [0.2, 0.25) is 0 Å². The van der Waals surface area contributed by atoms with Crippen LogP contribution in [-0.2, 0) is 10.8 Å². The number of nitrogens with zero attached hydrogens (tertiary/aromatic N) is 2. The minimum atomic E-state index is -0.513. The molecule has 1 unspecified atom stereocenters. The summed E-state index contributed by atoms with van der Waals surface area (Å²) in [7, 11) is 0. The first-order chi connectivity index (χ1) is 26.9. The highest BCUT2D eigenvalue weighted by Gasteiger charge is 2.52. The third-order valence-corrected chi connectivity index (χ3v) is 12.7. The quantitative estimate of drug-likeness (QED) is 0.170. The summed E-state index contributed by atoms with van der Waals surface area (Å²) in [6, 6.07) is 66.3. The molecule has 2 aromatic heterocycles. The van der Waals surface area contributed by atoms with Crippen LogP contribution in [0.3, 0.4) is 0 Å². The van der Waals surface area contributed by atoms with Gasteiger partial charge in [0, 0.05) is 32.9 Å². The maximum atomic E-state index is 2.54. The zero-order valence-electron chi connectivity index (χ0n) is 31.1. The molecule has 2 heterocycles. The predicted octanol–water partition coefficient (Wildman–Crippen LogP) is 13.5. The molecule has 8 aromatic carbocycles. The van der Waals surface area contributed by atoms with Crippen molar-refractivity contribution < 1.29 is 0 Å². The molecule has 260 valence electrons. The molecule has 0 saturated heterocycles. The maximum absolute atomic E-state index is 2.54. The molecule has 0 fully saturated rings. The number of hydrogen-bond acceptors (Lipinski definition) is 0. The molecule has 1 atom stereocenters. The summed E-state index contributed by atoms with van der Waals surface area (Å²) in [5, 5.41) is 5.11. The fourth-order valence-electron chi connectivity index (χ4n) is 10.3. The van der Waals surface area contributed by atoms with Crippen molar-refractivity contribution in [3.05, 3.63) is 204 Å². The highest BCUT2D eigenvalue weighted by molar-refractivity contribution is 6.10. The van der Waals surface area contributed by atoms with E-state index >= 15 is 0 Å². The van der Waals surface area contributed by atoms with Crippen molar-refractivity contribution in [1.82, 2.24) is 9.13 Å². The lowest BCUT2D eigenvalue weighted by atomic mass is 9.69. The Balaban J connectivity index is 1.21. The third kappa shape index (κ3) is 3.94. The van der Waals surface area contributed by atoms with Gasteiger partial charge in [-0.05, 0) is 104 Å². The van der Waals surface area contributed by atoms with Crippen molar-refractivity contribution in [3.8, 4) is 33.6 Å². The standard InChI is InChI=1S/C53H38N2/c1-52(2,3)33-24-27-37-39-29-26-35(55-50-22-12-7-17-42(50)43-18-8-13-23-51(43)55)32-47(39)53(45(37)30-33)44-19-9-4-14-36(44)38-28-25-34(31-46(38)53)54-48-20-10-5-15-40(48)41-16-6-11-21-49(41)54/h4-32H,1-3H3. The molecule has 0 bridgehead atoms. The van der Waals surface area contributed by atoms with Crippen LogP contribution in [0.15, 0.2) is 176 Å². The van der Waals surface area contributed by atoms with E-state index in [4.69, 9.17) is 0 Å². The first kappa shape index (κ1) is 30.8. The lowest BCUT2D eigenvalue weighted by Crippen LogP contribution is -2.27. The van der Waals surface area contributed by atoms with E-state index in [0.717, 1.165) is 0 Å². The fourth-order valence-corrected chi connectivity index (χ4v) is 10.3. The predicted molar refractivity (Wildman–Crippen MR) is 230 cm³/mol. The monoisotopic (exact) mass is 702 g/mol. The van der Waals surface area contributed by atoms with Crippen molar-refractivity contribution >= 4 is 43.6 Å². The largest absolute Gasteiger partial charge is 0.309 e. The van der Waals surface area contributed by atoms with E-state index < -0.39 is 5.41 Å². The van der Waals surface area contributed by atoms with Gasteiger partial charge in [0.25, 0.3) is 0 Å². The molecular formula is C53H38N2. The Morgan fingerprint density at radius 2 is 0.709 bits per heavy atom. The topological polar surface area (TPSA) is 9.86 Å². The minimum absolute atomic E-state index is 0.00903. The van der Waals surface area contributed by atoms with Crippen LogP contribution in [-0.4, -0.2) is 9.13 Å². The summed E-state index contributed by atoms with van der Waals surface area (Å²) in [5.41, 5.74) is 18.8. The summed E-state index contributed by atoms with van der Waals surface area (Å²) >= 11 is 0. The van der Waals surface area contributed by atoms with Gasteiger partial charge in [0.05, 0.1) is 27.5 Å². The van der Waals surface area contributed by atoms with Crippen LogP contribution < -0.4 is 0 Å². The molecule has 10 aromatic rings. The molecule has 12 rings (SSSR count). The van der Waals surface area contributed by atoms with E-state index in [1.165, 1.54) is 105 Å². The van der Waals surface area contributed by atoms with Gasteiger partial charge in [-0.3, -0.25) is 0 Å². The lowest BCUT2D eigenvalue weighted by Gasteiger charge is -2.32. The van der Waals surface area contributed by atoms with Crippen molar-refractivity contribution in [3.63, 3.8) is 0 Å². The summed E-state index contributed by atoms with van der Waals surface area (Å²) < 4.78 is 4.94. The molecule has 0 saturated carbocycles. The van der Waals surface area contributed by atoms with E-state index in [-0.39, 0.29) is 5.41 Å². The molecule has 0 N–H and O–H groups in total. The van der Waals surface area contributed by atoms with Gasteiger partial charge in [0.2, 0.25) is 0 Å². The van der Waals surface area contributed by atoms with E-state index in [2.05, 4.69) is 206 Å². The van der Waals surface area contributed by atoms with Crippen LogP contribution in [0.25, 0.3) is 77.2 Å². The smallest absolute Gasteiger partial charge is 0.0727 e. The van der Waals surface area contributed by atoms with Crippen molar-refractivity contribution in [2.75, 3.05) is 0 Å². The Kier molecular flexibility index (Phi) is 6.01. The zero-order chi connectivity index (χ0) is 36.6. The SMILES string of the molecule is CC(C)(C)c1ccc2c(c1)C1(c3ccccc3-c3ccc(-n4c5ccccc5c5ccccc54)cc31)c1cc(-n3c4ccccc4c4ccccc43)ccc1-2. The number of aromatic nitrogens is 2. The average molecular weight is 703 g/mol. The molecule has 2 aliphatic carbocycles. The van der Waals surface area contributed by atoms with Crippen LogP contribution in [0.5, 0.6) is 0 Å². The highest BCUT2D eigenvalue weighted by atomic mass is 15.0. The van der Waals surface area contributed by atoms with E-state index in [1.807, 2.05) is 0 Å². The van der Waals surface area contributed by atoms with Crippen molar-refractivity contribution in [2.24, 2.45) is 0 Å². The summed E-state index contributed by atoms with van der Waals surface area (Å²) in [4.78, 5) is 0. The minimum Gasteiger partial charge on any atom is -0.309 e.